The number of aryl methyl sites for hydroxylation is 1. The largest absolute Gasteiger partial charge is 0.356 e. The molecule has 2 aromatic rings. The maximum Gasteiger partial charge on any atom is 0.191 e. The van der Waals surface area contributed by atoms with Crippen molar-refractivity contribution in [2.75, 3.05) is 13.6 Å². The summed E-state index contributed by atoms with van der Waals surface area (Å²) >= 11 is 7.64. The van der Waals surface area contributed by atoms with Crippen LogP contribution in [0.3, 0.4) is 0 Å². The van der Waals surface area contributed by atoms with E-state index in [2.05, 4.69) is 46.1 Å². The first-order valence-electron chi connectivity index (χ1n) is 6.91. The highest BCUT2D eigenvalue weighted by Gasteiger charge is 2.02. The number of aliphatic imine (C=N–C) groups is 1. The summed E-state index contributed by atoms with van der Waals surface area (Å²) in [6.45, 7) is 3.78. The number of guanidine groups is 1. The summed E-state index contributed by atoms with van der Waals surface area (Å²) in [5.74, 6) is 0.830. The van der Waals surface area contributed by atoms with Crippen LogP contribution in [-0.2, 0) is 13.0 Å². The first-order chi connectivity index (χ1) is 10.2. The monoisotopic (exact) mass is 449 g/mol. The van der Waals surface area contributed by atoms with E-state index in [4.69, 9.17) is 11.6 Å². The summed E-state index contributed by atoms with van der Waals surface area (Å²) in [5.41, 5.74) is 2.58. The molecule has 120 valence electrons. The van der Waals surface area contributed by atoms with Gasteiger partial charge in [-0.05, 0) is 48.1 Å². The van der Waals surface area contributed by atoms with Crippen LogP contribution in [-0.4, -0.2) is 19.6 Å². The van der Waals surface area contributed by atoms with Gasteiger partial charge in [0.2, 0.25) is 0 Å². The minimum Gasteiger partial charge on any atom is -0.356 e. The van der Waals surface area contributed by atoms with Crippen molar-refractivity contribution in [2.45, 2.75) is 19.9 Å². The maximum atomic E-state index is 5.88. The molecule has 0 amide bonds. The summed E-state index contributed by atoms with van der Waals surface area (Å²) in [6, 6.07) is 10.1. The van der Waals surface area contributed by atoms with Crippen molar-refractivity contribution in [1.29, 1.82) is 0 Å². The van der Waals surface area contributed by atoms with Crippen molar-refractivity contribution >= 4 is 52.9 Å². The highest BCUT2D eigenvalue weighted by molar-refractivity contribution is 14.0. The fraction of sp³-hybridized carbons (Fsp3) is 0.312. The predicted octanol–water partition coefficient (Wildman–Crippen LogP) is 4.24. The molecule has 0 saturated carbocycles. The Morgan fingerprint density at radius 2 is 1.91 bits per heavy atom. The minimum absolute atomic E-state index is 0. The number of rotatable bonds is 5. The van der Waals surface area contributed by atoms with Gasteiger partial charge in [0, 0.05) is 23.5 Å². The molecule has 0 fully saturated rings. The van der Waals surface area contributed by atoms with Gasteiger partial charge in [-0.15, -0.1) is 35.3 Å². The van der Waals surface area contributed by atoms with Crippen molar-refractivity contribution in [1.82, 2.24) is 10.6 Å². The van der Waals surface area contributed by atoms with Crippen LogP contribution < -0.4 is 10.6 Å². The van der Waals surface area contributed by atoms with Gasteiger partial charge in [0.25, 0.3) is 0 Å². The van der Waals surface area contributed by atoms with Crippen LogP contribution in [0.4, 0.5) is 0 Å². The number of nitrogens with one attached hydrogen (secondary N) is 2. The molecule has 0 aliphatic carbocycles. The molecule has 1 heterocycles. The van der Waals surface area contributed by atoms with Crippen molar-refractivity contribution in [3.05, 3.63) is 56.7 Å². The van der Waals surface area contributed by atoms with Crippen LogP contribution in [0.25, 0.3) is 0 Å². The van der Waals surface area contributed by atoms with Gasteiger partial charge in [-0.3, -0.25) is 4.99 Å². The van der Waals surface area contributed by atoms with Gasteiger partial charge in [-0.25, -0.2) is 0 Å². The predicted molar refractivity (Wildman–Crippen MR) is 108 cm³/mol. The van der Waals surface area contributed by atoms with E-state index >= 15 is 0 Å². The summed E-state index contributed by atoms with van der Waals surface area (Å²) in [5, 5.41) is 9.55. The van der Waals surface area contributed by atoms with E-state index in [-0.39, 0.29) is 24.0 Å². The van der Waals surface area contributed by atoms with E-state index in [1.807, 2.05) is 12.1 Å². The van der Waals surface area contributed by atoms with Crippen molar-refractivity contribution in [3.63, 3.8) is 0 Å². The third kappa shape index (κ3) is 6.14. The number of halogens is 2. The SMILES string of the molecule is CN=C(NCCc1ccc(Cl)cc1)NCc1sccc1C.I. The third-order valence-corrected chi connectivity index (χ3v) is 4.50. The van der Waals surface area contributed by atoms with Gasteiger partial charge >= 0.3 is 0 Å². The maximum absolute atomic E-state index is 5.88. The molecule has 2 N–H and O–H groups in total. The highest BCUT2D eigenvalue weighted by atomic mass is 127. The van der Waals surface area contributed by atoms with E-state index in [9.17, 15) is 0 Å². The van der Waals surface area contributed by atoms with Crippen LogP contribution in [0.1, 0.15) is 16.0 Å². The topological polar surface area (TPSA) is 36.4 Å². The second-order valence-electron chi connectivity index (χ2n) is 4.76. The zero-order chi connectivity index (χ0) is 15.1. The average Bonchev–Trinajstić information content (AvgIpc) is 2.90. The Hall–Kier alpha value is -0.790. The van der Waals surface area contributed by atoms with E-state index in [0.717, 1.165) is 30.5 Å². The summed E-state index contributed by atoms with van der Waals surface area (Å²) in [6.07, 6.45) is 0.940. The lowest BCUT2D eigenvalue weighted by atomic mass is 10.1. The Kier molecular flexibility index (Phi) is 8.82. The number of nitrogens with zero attached hydrogens (tertiary/aromatic N) is 1. The molecule has 0 unspecified atom stereocenters. The van der Waals surface area contributed by atoms with E-state index in [0.29, 0.717) is 0 Å². The number of hydrogen-bond acceptors (Lipinski definition) is 2. The minimum atomic E-state index is 0. The molecule has 0 atom stereocenters. The number of hydrogen-bond donors (Lipinski definition) is 2. The van der Waals surface area contributed by atoms with Gasteiger partial charge in [0.15, 0.2) is 5.96 Å². The average molecular weight is 450 g/mol. The first-order valence-corrected chi connectivity index (χ1v) is 8.16. The standard InChI is InChI=1S/C16H20ClN3S.HI/c1-12-8-10-21-15(12)11-20-16(18-2)19-9-7-13-3-5-14(17)6-4-13;/h3-6,8,10H,7,9,11H2,1-2H3,(H2,18,19,20);1H. The molecule has 0 saturated heterocycles. The Morgan fingerprint density at radius 3 is 2.50 bits per heavy atom. The van der Waals surface area contributed by atoms with Gasteiger partial charge in [0.1, 0.15) is 0 Å². The van der Waals surface area contributed by atoms with Gasteiger partial charge < -0.3 is 10.6 Å². The molecular weight excluding hydrogens is 429 g/mol. The molecule has 22 heavy (non-hydrogen) atoms. The quantitative estimate of drug-likeness (QED) is 0.407. The second kappa shape index (κ2) is 10.1. The fourth-order valence-corrected chi connectivity index (χ4v) is 2.92. The van der Waals surface area contributed by atoms with Crippen molar-refractivity contribution in [3.8, 4) is 0 Å². The van der Waals surface area contributed by atoms with Gasteiger partial charge in [0.05, 0.1) is 6.54 Å². The van der Waals surface area contributed by atoms with Crippen LogP contribution in [0.15, 0.2) is 40.7 Å². The lowest BCUT2D eigenvalue weighted by Gasteiger charge is -2.11. The lowest BCUT2D eigenvalue weighted by molar-refractivity contribution is 0.798. The van der Waals surface area contributed by atoms with Crippen LogP contribution in [0.5, 0.6) is 0 Å². The van der Waals surface area contributed by atoms with E-state index in [1.54, 1.807) is 18.4 Å². The molecule has 1 aromatic carbocycles. The zero-order valence-electron chi connectivity index (χ0n) is 12.7. The van der Waals surface area contributed by atoms with Crippen LogP contribution >= 0.6 is 46.9 Å². The molecule has 3 nitrogen and oxygen atoms in total. The molecule has 0 bridgehead atoms. The van der Waals surface area contributed by atoms with E-state index in [1.165, 1.54) is 16.0 Å². The van der Waals surface area contributed by atoms with Crippen molar-refractivity contribution < 1.29 is 0 Å². The zero-order valence-corrected chi connectivity index (χ0v) is 16.6. The van der Waals surface area contributed by atoms with Crippen LogP contribution in [0.2, 0.25) is 5.02 Å². The molecule has 6 heteroatoms. The van der Waals surface area contributed by atoms with Gasteiger partial charge in [-0.1, -0.05) is 23.7 Å². The Morgan fingerprint density at radius 1 is 1.18 bits per heavy atom. The smallest absolute Gasteiger partial charge is 0.191 e. The van der Waals surface area contributed by atoms with E-state index < -0.39 is 0 Å². The number of thiophene rings is 1. The van der Waals surface area contributed by atoms with Gasteiger partial charge in [-0.2, -0.15) is 0 Å². The molecule has 0 radical (unpaired) electrons. The summed E-state index contributed by atoms with van der Waals surface area (Å²) < 4.78 is 0. The molecular formula is C16H21ClIN3S. The highest BCUT2D eigenvalue weighted by Crippen LogP contribution is 2.14. The van der Waals surface area contributed by atoms with Crippen LogP contribution in [0, 0.1) is 6.92 Å². The molecule has 1 aromatic heterocycles. The molecule has 0 spiro atoms. The Labute approximate surface area is 158 Å². The first kappa shape index (κ1) is 19.3. The van der Waals surface area contributed by atoms with Crippen molar-refractivity contribution in [2.24, 2.45) is 4.99 Å². The summed E-state index contributed by atoms with van der Waals surface area (Å²) in [4.78, 5) is 5.58. The Bertz CT molecular complexity index is 596. The second-order valence-corrected chi connectivity index (χ2v) is 6.19. The fourth-order valence-electron chi connectivity index (χ4n) is 1.95. The lowest BCUT2D eigenvalue weighted by Crippen LogP contribution is -2.37. The summed E-state index contributed by atoms with van der Waals surface area (Å²) in [7, 11) is 1.79. The third-order valence-electron chi connectivity index (χ3n) is 3.23. The molecule has 2 rings (SSSR count). The number of benzene rings is 1. The molecule has 0 aliphatic rings. The normalized spacial score (nSPS) is 11.0. The molecule has 0 aliphatic heterocycles. The Balaban J connectivity index is 0.00000242.